The molecule has 0 radical (unpaired) electrons. The molecule has 0 atom stereocenters. The molecule has 0 saturated heterocycles. The van der Waals surface area contributed by atoms with Crippen LogP contribution in [0.25, 0.3) is 0 Å². The summed E-state index contributed by atoms with van der Waals surface area (Å²) in [7, 11) is 3.75. The number of nitrogens with zero attached hydrogens (tertiary/aromatic N) is 3. The summed E-state index contributed by atoms with van der Waals surface area (Å²) in [5.74, 6) is 0.671. The summed E-state index contributed by atoms with van der Waals surface area (Å²) in [6, 6.07) is 1.57. The predicted molar refractivity (Wildman–Crippen MR) is 65.8 cm³/mol. The van der Waals surface area contributed by atoms with Crippen LogP contribution in [0, 0.1) is 0 Å². The van der Waals surface area contributed by atoms with Crippen molar-refractivity contribution >= 4 is 18.3 Å². The molecule has 5 heteroatoms. The third kappa shape index (κ3) is 3.43. The van der Waals surface area contributed by atoms with Gasteiger partial charge >= 0.3 is 0 Å². The summed E-state index contributed by atoms with van der Waals surface area (Å²) in [5, 5.41) is 4.06. The second kappa shape index (κ2) is 5.60. The molecule has 0 aliphatic rings. The van der Waals surface area contributed by atoms with Crippen LogP contribution >= 0.6 is 12.6 Å². The van der Waals surface area contributed by atoms with E-state index in [1.54, 1.807) is 12.3 Å². The van der Waals surface area contributed by atoms with Crippen molar-refractivity contribution in [1.29, 1.82) is 0 Å². The summed E-state index contributed by atoms with van der Waals surface area (Å²) in [5.41, 5.74) is 0.722. The number of rotatable bonds is 4. The Labute approximate surface area is 94.6 Å². The van der Waals surface area contributed by atoms with Crippen molar-refractivity contribution in [2.24, 2.45) is 0 Å². The van der Waals surface area contributed by atoms with Gasteiger partial charge in [-0.1, -0.05) is 12.2 Å². The van der Waals surface area contributed by atoms with Gasteiger partial charge < -0.3 is 4.90 Å². The van der Waals surface area contributed by atoms with Crippen molar-refractivity contribution in [2.75, 3.05) is 24.7 Å². The summed E-state index contributed by atoms with van der Waals surface area (Å²) in [6.07, 6.45) is 5.43. The van der Waals surface area contributed by atoms with E-state index in [4.69, 9.17) is 0 Å². The topological polar surface area (TPSA) is 38.1 Å². The van der Waals surface area contributed by atoms with E-state index in [-0.39, 0.29) is 5.56 Å². The van der Waals surface area contributed by atoms with Gasteiger partial charge in [-0.15, -0.1) is 0 Å². The summed E-state index contributed by atoms with van der Waals surface area (Å²) in [6.45, 7) is 0.493. The molecule has 1 aromatic rings. The minimum Gasteiger partial charge on any atom is -0.376 e. The molecule has 1 aromatic heterocycles. The van der Waals surface area contributed by atoms with Crippen LogP contribution in [0.15, 0.2) is 29.2 Å². The fourth-order valence-corrected chi connectivity index (χ4v) is 1.20. The average molecular weight is 225 g/mol. The molecule has 0 saturated carbocycles. The molecule has 0 aromatic carbocycles. The van der Waals surface area contributed by atoms with E-state index in [9.17, 15) is 4.79 Å². The minimum atomic E-state index is -0.0926. The van der Waals surface area contributed by atoms with Crippen LogP contribution in [0.2, 0.25) is 0 Å². The highest BCUT2D eigenvalue weighted by molar-refractivity contribution is 7.80. The first-order valence-corrected chi connectivity index (χ1v) is 5.28. The van der Waals surface area contributed by atoms with Gasteiger partial charge in [0.1, 0.15) is 0 Å². The van der Waals surface area contributed by atoms with E-state index in [2.05, 4.69) is 17.7 Å². The van der Waals surface area contributed by atoms with Gasteiger partial charge in [0.25, 0.3) is 5.56 Å². The first-order valence-electron chi connectivity index (χ1n) is 4.65. The largest absolute Gasteiger partial charge is 0.376 e. The first kappa shape index (κ1) is 11.8. The molecule has 82 valence electrons. The molecule has 1 heterocycles. The molecule has 0 aliphatic heterocycles. The van der Waals surface area contributed by atoms with Crippen molar-refractivity contribution in [2.45, 2.75) is 6.54 Å². The lowest BCUT2D eigenvalue weighted by atomic mass is 10.4. The lowest BCUT2D eigenvalue weighted by Crippen LogP contribution is -2.23. The van der Waals surface area contributed by atoms with Crippen molar-refractivity contribution in [1.82, 2.24) is 9.78 Å². The Balaban J connectivity index is 2.84. The predicted octanol–water partition coefficient (Wildman–Crippen LogP) is 0.795. The highest BCUT2D eigenvalue weighted by Gasteiger charge is 1.99. The van der Waals surface area contributed by atoms with Crippen molar-refractivity contribution < 1.29 is 0 Å². The molecule has 0 aliphatic carbocycles. The molecule has 4 nitrogen and oxygen atoms in total. The number of hydrogen-bond acceptors (Lipinski definition) is 4. The highest BCUT2D eigenvalue weighted by atomic mass is 32.1. The van der Waals surface area contributed by atoms with Gasteiger partial charge in [0.15, 0.2) is 0 Å². The number of allylic oxidation sites excluding steroid dienone is 1. The van der Waals surface area contributed by atoms with E-state index < -0.39 is 0 Å². The number of anilines is 1. The molecule has 0 amide bonds. The van der Waals surface area contributed by atoms with E-state index in [1.807, 2.05) is 31.1 Å². The SMILES string of the molecule is CN(C)c1cnn(C/C=C/CS)c(=O)c1. The highest BCUT2D eigenvalue weighted by Crippen LogP contribution is 2.03. The molecule has 0 unspecified atom stereocenters. The monoisotopic (exact) mass is 225 g/mol. The molecular weight excluding hydrogens is 210 g/mol. The van der Waals surface area contributed by atoms with Gasteiger partial charge in [0.05, 0.1) is 18.4 Å². The molecule has 0 fully saturated rings. The molecule has 0 spiro atoms. The fraction of sp³-hybridized carbons (Fsp3) is 0.400. The maximum atomic E-state index is 11.6. The maximum Gasteiger partial charge on any atom is 0.269 e. The Morgan fingerprint density at radius 2 is 2.27 bits per heavy atom. The average Bonchev–Trinajstić information content (AvgIpc) is 2.20. The van der Waals surface area contributed by atoms with E-state index in [1.165, 1.54) is 4.68 Å². The second-order valence-electron chi connectivity index (χ2n) is 3.28. The van der Waals surface area contributed by atoms with E-state index in [0.717, 1.165) is 5.69 Å². The van der Waals surface area contributed by atoms with Crippen LogP contribution in [0.3, 0.4) is 0 Å². The van der Waals surface area contributed by atoms with Gasteiger partial charge in [0.2, 0.25) is 0 Å². The Bertz CT molecular complexity index is 398. The Kier molecular flexibility index (Phi) is 4.42. The number of aromatic nitrogens is 2. The van der Waals surface area contributed by atoms with Gasteiger partial charge in [-0.3, -0.25) is 4.79 Å². The third-order valence-corrected chi connectivity index (χ3v) is 2.13. The lowest BCUT2D eigenvalue weighted by Gasteiger charge is -2.11. The van der Waals surface area contributed by atoms with Crippen LogP contribution in [-0.2, 0) is 6.54 Å². The normalized spacial score (nSPS) is 10.9. The van der Waals surface area contributed by atoms with Crippen molar-refractivity contribution in [3.63, 3.8) is 0 Å². The van der Waals surface area contributed by atoms with Gasteiger partial charge in [-0.05, 0) is 0 Å². The van der Waals surface area contributed by atoms with Gasteiger partial charge in [0, 0.05) is 25.9 Å². The first-order chi connectivity index (χ1) is 7.15. The third-order valence-electron chi connectivity index (χ3n) is 1.92. The van der Waals surface area contributed by atoms with Crippen molar-refractivity contribution in [3.8, 4) is 0 Å². The smallest absolute Gasteiger partial charge is 0.269 e. The number of hydrogen-bond donors (Lipinski definition) is 1. The molecule has 15 heavy (non-hydrogen) atoms. The van der Waals surface area contributed by atoms with Gasteiger partial charge in [-0.25, -0.2) is 4.68 Å². The van der Waals surface area contributed by atoms with Crippen LogP contribution < -0.4 is 10.5 Å². The number of thiol groups is 1. The Morgan fingerprint density at radius 3 is 2.80 bits per heavy atom. The van der Waals surface area contributed by atoms with Gasteiger partial charge in [-0.2, -0.15) is 17.7 Å². The van der Waals surface area contributed by atoms with Crippen LogP contribution in [0.4, 0.5) is 5.69 Å². The van der Waals surface area contributed by atoms with Crippen LogP contribution in [0.1, 0.15) is 0 Å². The molecular formula is C10H15N3OS. The zero-order chi connectivity index (χ0) is 11.3. The zero-order valence-corrected chi connectivity index (χ0v) is 9.82. The van der Waals surface area contributed by atoms with E-state index in [0.29, 0.717) is 12.3 Å². The Morgan fingerprint density at radius 1 is 1.53 bits per heavy atom. The fourth-order valence-electron chi connectivity index (χ4n) is 1.05. The minimum absolute atomic E-state index is 0.0926. The Hall–Kier alpha value is -1.23. The lowest BCUT2D eigenvalue weighted by molar-refractivity contribution is 0.650. The zero-order valence-electron chi connectivity index (χ0n) is 8.92. The van der Waals surface area contributed by atoms with Crippen molar-refractivity contribution in [3.05, 3.63) is 34.8 Å². The molecule has 0 N–H and O–H groups in total. The second-order valence-corrected chi connectivity index (χ2v) is 3.65. The molecule has 0 bridgehead atoms. The summed E-state index contributed by atoms with van der Waals surface area (Å²) in [4.78, 5) is 13.4. The van der Waals surface area contributed by atoms with E-state index >= 15 is 0 Å². The maximum absolute atomic E-state index is 11.6. The van der Waals surface area contributed by atoms with Crippen LogP contribution in [0.5, 0.6) is 0 Å². The van der Waals surface area contributed by atoms with Crippen LogP contribution in [-0.4, -0.2) is 29.6 Å². The summed E-state index contributed by atoms with van der Waals surface area (Å²) < 4.78 is 1.41. The standard InChI is InChI=1S/C10H15N3OS/c1-12(2)9-7-10(14)13(11-8-9)5-3-4-6-15/h3-4,7-8,15H,5-6H2,1-2H3/b4-3+. The molecule has 1 rings (SSSR count). The quantitative estimate of drug-likeness (QED) is 0.608. The summed E-state index contributed by atoms with van der Waals surface area (Å²) >= 11 is 4.03.